The first-order valence-electron chi connectivity index (χ1n) is 11.2. The summed E-state index contributed by atoms with van der Waals surface area (Å²) in [7, 11) is -3.22. The number of nitrogens with one attached hydrogen (secondary N) is 1. The third-order valence-corrected chi connectivity index (χ3v) is 8.08. The average molecular weight is 531 g/mol. The number of nitrogens with zero attached hydrogens (tertiary/aromatic N) is 3. The minimum Gasteiger partial charge on any atom is -0.435 e. The molecule has 4 aromatic rings. The zero-order chi connectivity index (χ0) is 26.4. The summed E-state index contributed by atoms with van der Waals surface area (Å²) in [5.41, 5.74) is 1.05. The standard InChI is InChI=1S/C25H21F3N4O4S/c1-25(7-8-37(34,35)14-25)31-22(33)16-5-6-19-20(15-3-2-4-18(9-15)36-23(27)28)13-32(21(19)10-16)24-29-11-17(26)12-30-24/h2-6,9-13,23H,7-8,14H2,1H3,(H,31,33)/t25-/m0/s1. The molecule has 37 heavy (non-hydrogen) atoms. The molecule has 8 nitrogen and oxygen atoms in total. The van der Waals surface area contributed by atoms with Gasteiger partial charge in [-0.2, -0.15) is 8.78 Å². The van der Waals surface area contributed by atoms with Gasteiger partial charge in [0.15, 0.2) is 15.7 Å². The number of halogens is 3. The van der Waals surface area contributed by atoms with Gasteiger partial charge in [0.05, 0.1) is 35.0 Å². The molecule has 1 amide bonds. The molecule has 1 N–H and O–H groups in total. The van der Waals surface area contributed by atoms with E-state index in [1.807, 2.05) is 0 Å². The van der Waals surface area contributed by atoms with E-state index < -0.39 is 33.7 Å². The van der Waals surface area contributed by atoms with Gasteiger partial charge in [-0.3, -0.25) is 9.36 Å². The molecule has 192 valence electrons. The van der Waals surface area contributed by atoms with Crippen molar-refractivity contribution in [1.82, 2.24) is 19.9 Å². The monoisotopic (exact) mass is 530 g/mol. The van der Waals surface area contributed by atoms with Crippen LogP contribution in [0.2, 0.25) is 0 Å². The number of aromatic nitrogens is 3. The van der Waals surface area contributed by atoms with Crippen LogP contribution in [0.5, 0.6) is 5.75 Å². The van der Waals surface area contributed by atoms with Gasteiger partial charge in [-0.15, -0.1) is 0 Å². The average Bonchev–Trinajstić information content (AvgIpc) is 3.35. The fraction of sp³-hybridized carbons (Fsp3) is 0.240. The van der Waals surface area contributed by atoms with Crippen molar-refractivity contribution in [3.63, 3.8) is 0 Å². The number of hydrogen-bond acceptors (Lipinski definition) is 6. The number of rotatable bonds is 6. The maximum Gasteiger partial charge on any atom is 0.387 e. The molecule has 0 radical (unpaired) electrons. The lowest BCUT2D eigenvalue weighted by molar-refractivity contribution is -0.0498. The summed E-state index contributed by atoms with van der Waals surface area (Å²) in [6, 6.07) is 11.0. The van der Waals surface area contributed by atoms with Crippen molar-refractivity contribution >= 4 is 26.6 Å². The molecular formula is C25H21F3N4O4S. The second-order valence-corrected chi connectivity index (χ2v) is 11.3. The van der Waals surface area contributed by atoms with E-state index in [2.05, 4.69) is 20.0 Å². The van der Waals surface area contributed by atoms with Crippen LogP contribution in [0.25, 0.3) is 28.0 Å². The molecule has 1 atom stereocenters. The predicted octanol–water partition coefficient (Wildman–Crippen LogP) is 4.14. The molecule has 5 rings (SSSR count). The van der Waals surface area contributed by atoms with Crippen LogP contribution in [0.1, 0.15) is 23.7 Å². The number of alkyl halides is 2. The van der Waals surface area contributed by atoms with Crippen LogP contribution < -0.4 is 10.1 Å². The Kier molecular flexibility index (Phi) is 6.14. The fourth-order valence-electron chi connectivity index (χ4n) is 4.49. The molecule has 0 aliphatic carbocycles. The zero-order valence-electron chi connectivity index (χ0n) is 19.5. The Morgan fingerprint density at radius 1 is 1.16 bits per heavy atom. The minimum absolute atomic E-state index is 0.00523. The summed E-state index contributed by atoms with van der Waals surface area (Å²) in [6.45, 7) is -1.29. The van der Waals surface area contributed by atoms with Crippen molar-refractivity contribution < 1.29 is 31.1 Å². The number of amides is 1. The highest BCUT2D eigenvalue weighted by atomic mass is 32.2. The largest absolute Gasteiger partial charge is 0.435 e. The molecular weight excluding hydrogens is 509 g/mol. The number of hydrogen-bond donors (Lipinski definition) is 1. The Morgan fingerprint density at radius 3 is 2.59 bits per heavy atom. The zero-order valence-corrected chi connectivity index (χ0v) is 20.3. The van der Waals surface area contributed by atoms with Crippen molar-refractivity contribution in [3.8, 4) is 22.8 Å². The van der Waals surface area contributed by atoms with Gasteiger partial charge in [0.25, 0.3) is 5.91 Å². The highest BCUT2D eigenvalue weighted by Gasteiger charge is 2.39. The molecule has 12 heteroatoms. The van der Waals surface area contributed by atoms with Crippen LogP contribution in [0.15, 0.2) is 61.1 Å². The molecule has 0 unspecified atom stereocenters. The molecule has 1 aliphatic heterocycles. The molecule has 1 aliphatic rings. The lowest BCUT2D eigenvalue weighted by Gasteiger charge is -2.24. The van der Waals surface area contributed by atoms with Crippen molar-refractivity contribution in [2.24, 2.45) is 0 Å². The Labute approximate surface area is 210 Å². The fourth-order valence-corrected chi connectivity index (χ4v) is 6.58. The summed E-state index contributed by atoms with van der Waals surface area (Å²) in [6.07, 6.45) is 3.97. The van der Waals surface area contributed by atoms with Crippen molar-refractivity contribution in [2.45, 2.75) is 25.5 Å². The second-order valence-electron chi connectivity index (χ2n) is 9.11. The van der Waals surface area contributed by atoms with Gasteiger partial charge >= 0.3 is 6.61 Å². The molecule has 1 saturated heterocycles. The van der Waals surface area contributed by atoms with E-state index in [9.17, 15) is 26.4 Å². The Balaban J connectivity index is 1.59. The number of benzene rings is 2. The van der Waals surface area contributed by atoms with E-state index in [-0.39, 0.29) is 28.8 Å². The molecule has 0 saturated carbocycles. The van der Waals surface area contributed by atoms with E-state index in [4.69, 9.17) is 0 Å². The van der Waals surface area contributed by atoms with E-state index in [1.165, 1.54) is 12.1 Å². The van der Waals surface area contributed by atoms with Gasteiger partial charge in [-0.1, -0.05) is 18.2 Å². The molecule has 2 aromatic heterocycles. The third-order valence-electron chi connectivity index (χ3n) is 6.18. The van der Waals surface area contributed by atoms with Crippen LogP contribution in [0.3, 0.4) is 0 Å². The second kappa shape index (κ2) is 9.18. The van der Waals surface area contributed by atoms with E-state index in [1.54, 1.807) is 48.0 Å². The van der Waals surface area contributed by atoms with E-state index >= 15 is 0 Å². The van der Waals surface area contributed by atoms with Gasteiger partial charge in [0.1, 0.15) is 5.75 Å². The van der Waals surface area contributed by atoms with Gasteiger partial charge < -0.3 is 10.1 Å². The maximum absolute atomic E-state index is 13.5. The first kappa shape index (κ1) is 24.8. The van der Waals surface area contributed by atoms with Crippen molar-refractivity contribution in [2.75, 3.05) is 11.5 Å². The predicted molar refractivity (Wildman–Crippen MR) is 130 cm³/mol. The normalized spacial score (nSPS) is 18.8. The lowest BCUT2D eigenvalue weighted by atomic mass is 10.0. The van der Waals surface area contributed by atoms with Gasteiger partial charge in [0.2, 0.25) is 5.95 Å². The summed E-state index contributed by atoms with van der Waals surface area (Å²) in [5.74, 6) is -1.12. The first-order valence-corrected chi connectivity index (χ1v) is 13.1. The Morgan fingerprint density at radius 2 is 1.92 bits per heavy atom. The van der Waals surface area contributed by atoms with Gasteiger partial charge in [-0.05, 0) is 43.2 Å². The highest BCUT2D eigenvalue weighted by Crippen LogP contribution is 2.34. The molecule has 0 spiro atoms. The number of carbonyl (C=O) groups excluding carboxylic acids is 1. The minimum atomic E-state index is -3.22. The van der Waals surface area contributed by atoms with Crippen LogP contribution in [0.4, 0.5) is 13.2 Å². The van der Waals surface area contributed by atoms with Crippen molar-refractivity contribution in [1.29, 1.82) is 0 Å². The lowest BCUT2D eigenvalue weighted by Crippen LogP contribution is -2.46. The highest BCUT2D eigenvalue weighted by molar-refractivity contribution is 7.91. The Hall–Kier alpha value is -3.93. The maximum atomic E-state index is 13.5. The van der Waals surface area contributed by atoms with Gasteiger partial charge in [0, 0.05) is 22.7 Å². The van der Waals surface area contributed by atoms with Crippen LogP contribution in [-0.2, 0) is 9.84 Å². The number of fused-ring (bicyclic) bond motifs is 1. The quantitative estimate of drug-likeness (QED) is 0.402. The molecule has 1 fully saturated rings. The molecule has 0 bridgehead atoms. The summed E-state index contributed by atoms with van der Waals surface area (Å²) in [5, 5.41) is 3.47. The SMILES string of the molecule is C[C@]1(NC(=O)c2ccc3c(-c4cccc(OC(F)F)c4)cn(-c4ncc(F)cn4)c3c2)CCS(=O)(=O)C1. The smallest absolute Gasteiger partial charge is 0.387 e. The topological polar surface area (TPSA) is 103 Å². The molecule has 2 aromatic carbocycles. The summed E-state index contributed by atoms with van der Waals surface area (Å²) in [4.78, 5) is 21.2. The summed E-state index contributed by atoms with van der Waals surface area (Å²) >= 11 is 0. The number of sulfone groups is 1. The first-order chi connectivity index (χ1) is 17.5. The molecule has 3 heterocycles. The summed E-state index contributed by atoms with van der Waals surface area (Å²) < 4.78 is 69.0. The van der Waals surface area contributed by atoms with Crippen LogP contribution >= 0.6 is 0 Å². The van der Waals surface area contributed by atoms with E-state index in [0.29, 0.717) is 28.5 Å². The van der Waals surface area contributed by atoms with Gasteiger partial charge in [-0.25, -0.2) is 22.8 Å². The van der Waals surface area contributed by atoms with E-state index in [0.717, 1.165) is 12.4 Å². The van der Waals surface area contributed by atoms with Crippen LogP contribution in [0, 0.1) is 5.82 Å². The third kappa shape index (κ3) is 5.15. The number of carbonyl (C=O) groups is 1. The van der Waals surface area contributed by atoms with Crippen LogP contribution in [-0.4, -0.2) is 52.5 Å². The number of ether oxygens (including phenoxy) is 1. The Bertz CT molecular complexity index is 1610. The van der Waals surface area contributed by atoms with Crippen molar-refractivity contribution in [3.05, 3.63) is 72.4 Å².